The Morgan fingerprint density at radius 3 is 2.68 bits per heavy atom. The predicted molar refractivity (Wildman–Crippen MR) is 72.7 cm³/mol. The lowest BCUT2D eigenvalue weighted by Crippen LogP contribution is -2.47. The molecule has 0 radical (unpaired) electrons. The first-order valence-corrected chi connectivity index (χ1v) is 6.96. The van der Waals surface area contributed by atoms with Gasteiger partial charge in [0.1, 0.15) is 12.7 Å². The fourth-order valence-electron chi connectivity index (χ4n) is 2.66. The molecule has 4 heteroatoms. The van der Waals surface area contributed by atoms with Gasteiger partial charge >= 0.3 is 0 Å². The van der Waals surface area contributed by atoms with Crippen molar-refractivity contribution in [3.8, 4) is 11.5 Å². The largest absolute Gasteiger partial charge is 0.486 e. The molecule has 2 aliphatic rings. The molecule has 2 heterocycles. The topological polar surface area (TPSA) is 41.9 Å². The Morgan fingerprint density at radius 1 is 1.26 bits per heavy atom. The smallest absolute Gasteiger partial charge is 0.161 e. The maximum absolute atomic E-state index is 9.95. The standard InChI is InChI=1S/C15H21NO3/c1-15(17)6-8-16(9-7-15)10-12-11-18-13-4-2-3-5-14(13)19-12/h2-5,12,17H,6-11H2,1H3. The molecule has 1 unspecified atom stereocenters. The normalized spacial score (nSPS) is 26.1. The number of aliphatic hydroxyl groups is 1. The molecule has 0 saturated carbocycles. The van der Waals surface area contributed by atoms with Crippen molar-refractivity contribution in [3.63, 3.8) is 0 Å². The summed E-state index contributed by atoms with van der Waals surface area (Å²) in [6.07, 6.45) is 1.74. The van der Waals surface area contributed by atoms with Gasteiger partial charge < -0.3 is 14.6 Å². The van der Waals surface area contributed by atoms with Crippen LogP contribution in [0.4, 0.5) is 0 Å². The Bertz CT molecular complexity index is 437. The Balaban J connectivity index is 1.55. The second-order valence-corrected chi connectivity index (χ2v) is 5.80. The highest BCUT2D eigenvalue weighted by Gasteiger charge is 2.30. The number of benzene rings is 1. The first-order chi connectivity index (χ1) is 9.12. The van der Waals surface area contributed by atoms with Crippen LogP contribution in [0, 0.1) is 0 Å². The summed E-state index contributed by atoms with van der Waals surface area (Å²) in [6.45, 7) is 5.23. The third kappa shape index (κ3) is 3.01. The molecule has 1 saturated heterocycles. The third-order valence-electron chi connectivity index (χ3n) is 3.96. The van der Waals surface area contributed by atoms with Crippen molar-refractivity contribution in [2.75, 3.05) is 26.2 Å². The van der Waals surface area contributed by atoms with Gasteiger partial charge in [-0.25, -0.2) is 0 Å². The lowest BCUT2D eigenvalue weighted by molar-refractivity contribution is -0.0204. The van der Waals surface area contributed by atoms with Crippen molar-refractivity contribution in [3.05, 3.63) is 24.3 Å². The zero-order valence-electron chi connectivity index (χ0n) is 11.3. The molecule has 0 aliphatic carbocycles. The van der Waals surface area contributed by atoms with Crippen molar-refractivity contribution in [1.29, 1.82) is 0 Å². The van der Waals surface area contributed by atoms with Gasteiger partial charge in [-0.05, 0) is 31.9 Å². The van der Waals surface area contributed by atoms with Gasteiger partial charge in [0.05, 0.1) is 5.60 Å². The van der Waals surface area contributed by atoms with Gasteiger partial charge in [-0.1, -0.05) is 12.1 Å². The number of piperidine rings is 1. The van der Waals surface area contributed by atoms with E-state index in [9.17, 15) is 5.11 Å². The van der Waals surface area contributed by atoms with Gasteiger partial charge in [0.25, 0.3) is 0 Å². The summed E-state index contributed by atoms with van der Waals surface area (Å²) in [7, 11) is 0. The number of hydrogen-bond acceptors (Lipinski definition) is 4. The minimum absolute atomic E-state index is 0.0814. The van der Waals surface area contributed by atoms with Crippen LogP contribution in [-0.2, 0) is 0 Å². The van der Waals surface area contributed by atoms with Gasteiger partial charge in [-0.2, -0.15) is 0 Å². The number of fused-ring (bicyclic) bond motifs is 1. The van der Waals surface area contributed by atoms with Crippen molar-refractivity contribution < 1.29 is 14.6 Å². The van der Waals surface area contributed by atoms with Gasteiger partial charge in [0, 0.05) is 19.6 Å². The van der Waals surface area contributed by atoms with Gasteiger partial charge in [0.2, 0.25) is 0 Å². The van der Waals surface area contributed by atoms with Crippen LogP contribution < -0.4 is 9.47 Å². The molecule has 0 amide bonds. The first kappa shape index (κ1) is 12.8. The van der Waals surface area contributed by atoms with Crippen LogP contribution in [0.5, 0.6) is 11.5 Å². The van der Waals surface area contributed by atoms with Crippen LogP contribution in [0.3, 0.4) is 0 Å². The molecule has 4 nitrogen and oxygen atoms in total. The highest BCUT2D eigenvalue weighted by atomic mass is 16.6. The second-order valence-electron chi connectivity index (χ2n) is 5.80. The summed E-state index contributed by atoms with van der Waals surface area (Å²) in [6, 6.07) is 7.80. The Morgan fingerprint density at radius 2 is 1.95 bits per heavy atom. The van der Waals surface area contributed by atoms with Crippen LogP contribution in [0.2, 0.25) is 0 Å². The Kier molecular flexibility index (Phi) is 3.37. The lowest BCUT2D eigenvalue weighted by Gasteiger charge is -2.38. The zero-order valence-corrected chi connectivity index (χ0v) is 11.3. The zero-order chi connectivity index (χ0) is 13.3. The molecule has 1 aromatic carbocycles. The van der Waals surface area contributed by atoms with Crippen molar-refractivity contribution in [1.82, 2.24) is 4.90 Å². The maximum Gasteiger partial charge on any atom is 0.161 e. The van der Waals surface area contributed by atoms with E-state index in [1.165, 1.54) is 0 Å². The number of likely N-dealkylation sites (tertiary alicyclic amines) is 1. The quantitative estimate of drug-likeness (QED) is 0.881. The summed E-state index contributed by atoms with van der Waals surface area (Å²) in [5.41, 5.74) is -0.493. The van der Waals surface area contributed by atoms with Crippen LogP contribution in [0.25, 0.3) is 0 Å². The average Bonchev–Trinajstić information content (AvgIpc) is 2.41. The Labute approximate surface area is 113 Å². The summed E-state index contributed by atoms with van der Waals surface area (Å²) >= 11 is 0. The minimum atomic E-state index is -0.493. The highest BCUT2D eigenvalue weighted by Crippen LogP contribution is 2.31. The fourth-order valence-corrected chi connectivity index (χ4v) is 2.66. The monoisotopic (exact) mass is 263 g/mol. The molecule has 1 N–H and O–H groups in total. The SMILES string of the molecule is CC1(O)CCN(CC2COc3ccccc3O2)CC1. The van der Waals surface area contributed by atoms with Crippen molar-refractivity contribution in [2.24, 2.45) is 0 Å². The van der Waals surface area contributed by atoms with Crippen LogP contribution in [0.15, 0.2) is 24.3 Å². The third-order valence-corrected chi connectivity index (χ3v) is 3.96. The van der Waals surface area contributed by atoms with E-state index in [0.29, 0.717) is 6.61 Å². The van der Waals surface area contributed by atoms with Crippen molar-refractivity contribution >= 4 is 0 Å². The fraction of sp³-hybridized carbons (Fsp3) is 0.600. The lowest BCUT2D eigenvalue weighted by atomic mass is 9.94. The molecule has 2 aliphatic heterocycles. The number of rotatable bonds is 2. The summed E-state index contributed by atoms with van der Waals surface area (Å²) in [5.74, 6) is 1.67. The molecule has 1 aromatic rings. The molecular weight excluding hydrogens is 242 g/mol. The average molecular weight is 263 g/mol. The highest BCUT2D eigenvalue weighted by molar-refractivity contribution is 5.40. The van der Waals surface area contributed by atoms with Gasteiger partial charge in [-0.15, -0.1) is 0 Å². The van der Waals surface area contributed by atoms with E-state index in [1.54, 1.807) is 0 Å². The van der Waals surface area contributed by atoms with E-state index in [0.717, 1.165) is 44.0 Å². The van der Waals surface area contributed by atoms with E-state index in [4.69, 9.17) is 9.47 Å². The van der Waals surface area contributed by atoms with Crippen LogP contribution >= 0.6 is 0 Å². The number of ether oxygens (including phenoxy) is 2. The van der Waals surface area contributed by atoms with Crippen LogP contribution in [-0.4, -0.2) is 48.0 Å². The molecule has 0 aromatic heterocycles. The summed E-state index contributed by atoms with van der Waals surface area (Å²) < 4.78 is 11.7. The molecule has 1 fully saturated rings. The van der Waals surface area contributed by atoms with Gasteiger partial charge in [0.15, 0.2) is 11.5 Å². The van der Waals surface area contributed by atoms with E-state index < -0.39 is 5.60 Å². The van der Waals surface area contributed by atoms with E-state index >= 15 is 0 Å². The minimum Gasteiger partial charge on any atom is -0.486 e. The maximum atomic E-state index is 9.95. The van der Waals surface area contributed by atoms with Crippen LogP contribution in [0.1, 0.15) is 19.8 Å². The van der Waals surface area contributed by atoms with E-state index in [2.05, 4.69) is 4.90 Å². The molecule has 3 rings (SSSR count). The van der Waals surface area contributed by atoms with E-state index in [1.807, 2.05) is 31.2 Å². The molecule has 0 spiro atoms. The Hall–Kier alpha value is -1.26. The molecule has 0 bridgehead atoms. The number of para-hydroxylation sites is 2. The second kappa shape index (κ2) is 5.02. The van der Waals surface area contributed by atoms with Gasteiger partial charge in [-0.3, -0.25) is 4.90 Å². The number of hydrogen-bond donors (Lipinski definition) is 1. The molecular formula is C15H21NO3. The van der Waals surface area contributed by atoms with Crippen molar-refractivity contribution in [2.45, 2.75) is 31.5 Å². The van der Waals surface area contributed by atoms with E-state index in [-0.39, 0.29) is 6.10 Å². The summed E-state index contributed by atoms with van der Waals surface area (Å²) in [4.78, 5) is 2.35. The summed E-state index contributed by atoms with van der Waals surface area (Å²) in [5, 5.41) is 9.95. The molecule has 19 heavy (non-hydrogen) atoms. The molecule has 104 valence electrons. The number of nitrogens with zero attached hydrogens (tertiary/aromatic N) is 1. The first-order valence-electron chi connectivity index (χ1n) is 6.96. The predicted octanol–water partition coefficient (Wildman–Crippen LogP) is 1.67. The molecule has 1 atom stereocenters.